The van der Waals surface area contributed by atoms with Gasteiger partial charge < -0.3 is 20.1 Å². The Hall–Kier alpha value is -1.50. The van der Waals surface area contributed by atoms with Crippen molar-refractivity contribution in [3.63, 3.8) is 0 Å². The lowest BCUT2D eigenvalue weighted by Gasteiger charge is -2.43. The van der Waals surface area contributed by atoms with Gasteiger partial charge in [0.05, 0.1) is 25.3 Å². The van der Waals surface area contributed by atoms with Crippen molar-refractivity contribution < 1.29 is 19.0 Å². The molecule has 0 bridgehead atoms. The van der Waals surface area contributed by atoms with E-state index in [1.807, 2.05) is 11.0 Å². The number of hydrogen-bond acceptors (Lipinski definition) is 4. The van der Waals surface area contributed by atoms with Crippen molar-refractivity contribution >= 4 is 5.91 Å². The highest BCUT2D eigenvalue weighted by Gasteiger charge is 2.37. The van der Waals surface area contributed by atoms with E-state index >= 15 is 0 Å². The number of aliphatic hydroxyl groups is 1. The van der Waals surface area contributed by atoms with E-state index in [1.165, 1.54) is 32.4 Å². The lowest BCUT2D eigenvalue weighted by atomic mass is 9.77. The summed E-state index contributed by atoms with van der Waals surface area (Å²) >= 11 is 0. The number of nitrogens with zero attached hydrogens (tertiary/aromatic N) is 1. The monoisotopic (exact) mass is 378 g/mol. The number of carbonyl (C=O) groups is 1. The van der Waals surface area contributed by atoms with Crippen LogP contribution in [0.2, 0.25) is 0 Å². The molecular formula is C21H31FN2O3. The number of methoxy groups -OCH3 is 1. The first-order valence-electron chi connectivity index (χ1n) is 10.1. The number of ether oxygens (including phenoxy) is 1. The molecule has 1 aliphatic heterocycles. The number of benzene rings is 1. The van der Waals surface area contributed by atoms with Crippen LogP contribution in [0, 0.1) is 11.7 Å². The van der Waals surface area contributed by atoms with Gasteiger partial charge in [0.2, 0.25) is 5.91 Å². The van der Waals surface area contributed by atoms with E-state index in [9.17, 15) is 14.3 Å². The summed E-state index contributed by atoms with van der Waals surface area (Å²) < 4.78 is 19.3. The average Bonchev–Trinajstić information content (AvgIpc) is 2.68. The fraction of sp³-hybridized carbons (Fsp3) is 0.667. The molecule has 0 spiro atoms. The number of hydrogen-bond donors (Lipinski definition) is 2. The zero-order valence-electron chi connectivity index (χ0n) is 16.1. The van der Waals surface area contributed by atoms with E-state index in [0.717, 1.165) is 24.0 Å². The van der Waals surface area contributed by atoms with Crippen LogP contribution < -0.4 is 5.32 Å². The van der Waals surface area contributed by atoms with Crippen LogP contribution in [0.25, 0.3) is 0 Å². The Labute approximate surface area is 160 Å². The Morgan fingerprint density at radius 2 is 2.15 bits per heavy atom. The van der Waals surface area contributed by atoms with Crippen molar-refractivity contribution in [1.82, 2.24) is 10.2 Å². The molecule has 0 saturated heterocycles. The van der Waals surface area contributed by atoms with Crippen LogP contribution >= 0.6 is 0 Å². The van der Waals surface area contributed by atoms with Gasteiger partial charge in [-0.3, -0.25) is 4.79 Å². The van der Waals surface area contributed by atoms with E-state index in [2.05, 4.69) is 5.32 Å². The number of carbonyl (C=O) groups excluding carboxylic acids is 1. The molecule has 2 N–H and O–H groups in total. The van der Waals surface area contributed by atoms with Gasteiger partial charge in [0.1, 0.15) is 5.82 Å². The molecular weight excluding hydrogens is 347 g/mol. The first-order chi connectivity index (χ1) is 13.1. The fourth-order valence-electron chi connectivity index (χ4n) is 4.59. The Morgan fingerprint density at radius 3 is 2.89 bits per heavy atom. The second kappa shape index (κ2) is 9.62. The summed E-state index contributed by atoms with van der Waals surface area (Å²) in [6.45, 7) is 1.28. The molecule has 1 amide bonds. The smallest absolute Gasteiger partial charge is 0.237 e. The molecule has 0 aromatic heterocycles. The van der Waals surface area contributed by atoms with Crippen LogP contribution in [0.1, 0.15) is 49.3 Å². The number of nitrogens with one attached hydrogen (secondary N) is 1. The van der Waals surface area contributed by atoms with Gasteiger partial charge >= 0.3 is 0 Å². The molecule has 1 aromatic rings. The van der Waals surface area contributed by atoms with E-state index in [4.69, 9.17) is 4.74 Å². The molecule has 2 aliphatic rings. The predicted molar refractivity (Wildman–Crippen MR) is 102 cm³/mol. The van der Waals surface area contributed by atoms with E-state index in [0.29, 0.717) is 25.4 Å². The fourth-order valence-corrected chi connectivity index (χ4v) is 4.59. The zero-order chi connectivity index (χ0) is 19.2. The molecule has 0 radical (unpaired) electrons. The quantitative estimate of drug-likeness (QED) is 0.765. The third-order valence-corrected chi connectivity index (χ3v) is 5.84. The van der Waals surface area contributed by atoms with Gasteiger partial charge in [-0.05, 0) is 42.4 Å². The SMILES string of the molecule is COC[C@@H](O)CNCC(=O)N1CCc2c(F)cccc2C1C1CCCCC1. The third kappa shape index (κ3) is 4.86. The molecule has 1 unspecified atom stereocenters. The van der Waals surface area contributed by atoms with E-state index in [-0.39, 0.29) is 30.9 Å². The van der Waals surface area contributed by atoms with Crippen molar-refractivity contribution in [1.29, 1.82) is 0 Å². The van der Waals surface area contributed by atoms with Crippen molar-refractivity contribution in [3.8, 4) is 0 Å². The second-order valence-corrected chi connectivity index (χ2v) is 7.73. The maximum Gasteiger partial charge on any atom is 0.237 e. The highest BCUT2D eigenvalue weighted by atomic mass is 19.1. The van der Waals surface area contributed by atoms with Crippen molar-refractivity contribution in [2.45, 2.75) is 50.7 Å². The first kappa shape index (κ1) is 20.2. The van der Waals surface area contributed by atoms with Crippen molar-refractivity contribution in [3.05, 3.63) is 35.1 Å². The molecule has 6 heteroatoms. The number of amides is 1. The van der Waals surface area contributed by atoms with Crippen molar-refractivity contribution in [2.24, 2.45) is 5.92 Å². The van der Waals surface area contributed by atoms with Crippen LogP contribution in [-0.4, -0.2) is 55.4 Å². The van der Waals surface area contributed by atoms with Gasteiger partial charge in [0.15, 0.2) is 0 Å². The minimum Gasteiger partial charge on any atom is -0.389 e. The summed E-state index contributed by atoms with van der Waals surface area (Å²) in [4.78, 5) is 14.9. The standard InChI is InChI=1S/C21H31FN2O3/c1-27-14-16(25)12-23-13-20(26)24-11-10-17-18(8-5-9-19(17)22)21(24)15-6-3-2-4-7-15/h5,8-9,15-16,21,23,25H,2-4,6-7,10-14H2,1H3/t16-,21?/m0/s1. The summed E-state index contributed by atoms with van der Waals surface area (Å²) in [6, 6.07) is 5.24. The highest BCUT2D eigenvalue weighted by molar-refractivity contribution is 5.79. The van der Waals surface area contributed by atoms with Crippen molar-refractivity contribution in [2.75, 3.05) is 33.4 Å². The molecule has 1 fully saturated rings. The Balaban J connectivity index is 1.73. The Morgan fingerprint density at radius 1 is 1.37 bits per heavy atom. The number of fused-ring (bicyclic) bond motifs is 1. The highest BCUT2D eigenvalue weighted by Crippen LogP contribution is 2.42. The lowest BCUT2D eigenvalue weighted by molar-refractivity contribution is -0.135. The first-order valence-corrected chi connectivity index (χ1v) is 10.1. The normalized spacial score (nSPS) is 21.7. The number of halogens is 1. The maximum atomic E-state index is 14.3. The topological polar surface area (TPSA) is 61.8 Å². The van der Waals surface area contributed by atoms with Gasteiger partial charge in [-0.25, -0.2) is 4.39 Å². The Bertz CT molecular complexity index is 634. The van der Waals surface area contributed by atoms with Gasteiger partial charge in [-0.1, -0.05) is 31.4 Å². The molecule has 3 rings (SSSR count). The van der Waals surface area contributed by atoms with E-state index in [1.54, 1.807) is 6.07 Å². The molecule has 1 aliphatic carbocycles. The van der Waals surface area contributed by atoms with Crippen LogP contribution in [0.3, 0.4) is 0 Å². The summed E-state index contributed by atoms with van der Waals surface area (Å²) in [6.07, 6.45) is 5.70. The molecule has 5 nitrogen and oxygen atoms in total. The molecule has 1 heterocycles. The Kier molecular flexibility index (Phi) is 7.21. The van der Waals surface area contributed by atoms with Gasteiger partial charge in [-0.15, -0.1) is 0 Å². The molecule has 1 saturated carbocycles. The minimum absolute atomic E-state index is 0.0186. The molecule has 1 aromatic carbocycles. The summed E-state index contributed by atoms with van der Waals surface area (Å²) in [5, 5.41) is 12.8. The number of rotatable bonds is 7. The minimum atomic E-state index is -0.631. The van der Waals surface area contributed by atoms with Crippen LogP contribution in [-0.2, 0) is 16.0 Å². The summed E-state index contributed by atoms with van der Waals surface area (Å²) in [5.41, 5.74) is 1.77. The third-order valence-electron chi connectivity index (χ3n) is 5.84. The molecule has 150 valence electrons. The summed E-state index contributed by atoms with van der Waals surface area (Å²) in [7, 11) is 1.54. The van der Waals surface area contributed by atoms with Gasteiger partial charge in [-0.2, -0.15) is 0 Å². The van der Waals surface area contributed by atoms with Crippen LogP contribution in [0.15, 0.2) is 18.2 Å². The molecule has 27 heavy (non-hydrogen) atoms. The largest absolute Gasteiger partial charge is 0.389 e. The van der Waals surface area contributed by atoms with Gasteiger partial charge in [0.25, 0.3) is 0 Å². The lowest BCUT2D eigenvalue weighted by Crippen LogP contribution is -2.48. The van der Waals surface area contributed by atoms with E-state index < -0.39 is 6.10 Å². The zero-order valence-corrected chi connectivity index (χ0v) is 16.1. The van der Waals surface area contributed by atoms with Crippen LogP contribution in [0.4, 0.5) is 4.39 Å². The summed E-state index contributed by atoms with van der Waals surface area (Å²) in [5.74, 6) is 0.258. The maximum absolute atomic E-state index is 14.3. The van der Waals surface area contributed by atoms with Gasteiger partial charge in [0, 0.05) is 20.2 Å². The molecule has 2 atom stereocenters. The average molecular weight is 378 g/mol. The second-order valence-electron chi connectivity index (χ2n) is 7.73. The predicted octanol–water partition coefficient (Wildman–Crippen LogP) is 2.43. The number of aliphatic hydroxyl groups excluding tert-OH is 1. The van der Waals surface area contributed by atoms with Crippen LogP contribution in [0.5, 0.6) is 0 Å².